The van der Waals surface area contributed by atoms with Gasteiger partial charge in [-0.3, -0.25) is 9.59 Å². The van der Waals surface area contributed by atoms with Gasteiger partial charge in [-0.15, -0.1) is 5.10 Å². The average Bonchev–Trinajstić information content (AvgIpc) is 3.06. The number of aromatic nitrogens is 4. The van der Waals surface area contributed by atoms with Gasteiger partial charge in [-0.1, -0.05) is 12.1 Å². The molecule has 8 nitrogen and oxygen atoms in total. The molecular formula is C21H25N5O3. The van der Waals surface area contributed by atoms with Gasteiger partial charge < -0.3 is 10.1 Å². The Morgan fingerprint density at radius 2 is 1.86 bits per heavy atom. The van der Waals surface area contributed by atoms with Gasteiger partial charge in [0.15, 0.2) is 5.82 Å². The molecule has 0 saturated heterocycles. The molecule has 0 aliphatic rings. The lowest BCUT2D eigenvalue weighted by Gasteiger charge is -2.09. The molecule has 8 heteroatoms. The van der Waals surface area contributed by atoms with E-state index < -0.39 is 0 Å². The number of carbonyl (C=O) groups excluding carboxylic acids is 1. The number of hydrogen-bond acceptors (Lipinski definition) is 5. The molecule has 1 amide bonds. The van der Waals surface area contributed by atoms with E-state index in [-0.39, 0.29) is 11.5 Å². The molecule has 0 atom stereocenters. The quantitative estimate of drug-likeness (QED) is 0.628. The summed E-state index contributed by atoms with van der Waals surface area (Å²) >= 11 is 0. The van der Waals surface area contributed by atoms with Crippen LogP contribution in [0, 0.1) is 13.8 Å². The fourth-order valence-corrected chi connectivity index (χ4v) is 3.01. The van der Waals surface area contributed by atoms with Crippen LogP contribution in [0.1, 0.15) is 23.4 Å². The summed E-state index contributed by atoms with van der Waals surface area (Å²) in [6, 6.07) is 12.7. The summed E-state index contributed by atoms with van der Waals surface area (Å²) in [4.78, 5) is 24.2. The SMILES string of the molecule is COc1ccc(CCC(=O)NCCn2nc(-n3nc(C)cc3C)ccc2=O)cc1. The Kier molecular flexibility index (Phi) is 6.43. The lowest BCUT2D eigenvalue weighted by molar-refractivity contribution is -0.121. The zero-order valence-electron chi connectivity index (χ0n) is 16.9. The zero-order chi connectivity index (χ0) is 20.8. The van der Waals surface area contributed by atoms with Gasteiger partial charge >= 0.3 is 0 Å². The summed E-state index contributed by atoms with van der Waals surface area (Å²) < 4.78 is 8.16. The van der Waals surface area contributed by atoms with Gasteiger partial charge in [0.1, 0.15) is 5.75 Å². The normalized spacial score (nSPS) is 10.7. The highest BCUT2D eigenvalue weighted by Crippen LogP contribution is 2.12. The van der Waals surface area contributed by atoms with Crippen LogP contribution in [-0.4, -0.2) is 39.1 Å². The van der Waals surface area contributed by atoms with Crippen molar-refractivity contribution in [3.05, 3.63) is 69.8 Å². The number of amides is 1. The first-order valence-electron chi connectivity index (χ1n) is 9.47. The van der Waals surface area contributed by atoms with Gasteiger partial charge in [0.2, 0.25) is 5.91 Å². The van der Waals surface area contributed by atoms with Crippen molar-refractivity contribution in [1.29, 1.82) is 0 Å². The van der Waals surface area contributed by atoms with E-state index in [9.17, 15) is 9.59 Å². The molecule has 1 N–H and O–H groups in total. The Morgan fingerprint density at radius 3 is 2.52 bits per heavy atom. The first-order chi connectivity index (χ1) is 14.0. The summed E-state index contributed by atoms with van der Waals surface area (Å²) in [5.41, 5.74) is 2.66. The maximum Gasteiger partial charge on any atom is 0.266 e. The number of aryl methyl sites for hydroxylation is 3. The molecule has 0 aliphatic heterocycles. The summed E-state index contributed by atoms with van der Waals surface area (Å²) in [6.45, 7) is 4.45. The molecule has 152 valence electrons. The molecule has 2 aromatic heterocycles. The number of nitrogens with zero attached hydrogens (tertiary/aromatic N) is 4. The zero-order valence-corrected chi connectivity index (χ0v) is 16.9. The van der Waals surface area contributed by atoms with Crippen molar-refractivity contribution >= 4 is 5.91 Å². The fraction of sp³-hybridized carbons (Fsp3) is 0.333. The minimum atomic E-state index is -0.220. The number of nitrogens with one attached hydrogen (secondary N) is 1. The first kappa shape index (κ1) is 20.3. The van der Waals surface area contributed by atoms with E-state index in [0.717, 1.165) is 22.7 Å². The molecule has 0 radical (unpaired) electrons. The molecule has 0 unspecified atom stereocenters. The van der Waals surface area contributed by atoms with Crippen molar-refractivity contribution in [2.45, 2.75) is 33.2 Å². The van der Waals surface area contributed by atoms with Crippen molar-refractivity contribution in [2.75, 3.05) is 13.7 Å². The van der Waals surface area contributed by atoms with Crippen molar-refractivity contribution in [2.24, 2.45) is 0 Å². The van der Waals surface area contributed by atoms with Crippen LogP contribution in [0.4, 0.5) is 0 Å². The van der Waals surface area contributed by atoms with E-state index in [1.807, 2.05) is 44.2 Å². The summed E-state index contributed by atoms with van der Waals surface area (Å²) in [5, 5.41) is 11.6. The molecule has 0 spiro atoms. The van der Waals surface area contributed by atoms with Crippen LogP contribution in [0.5, 0.6) is 5.75 Å². The number of ether oxygens (including phenoxy) is 1. The van der Waals surface area contributed by atoms with E-state index in [0.29, 0.717) is 31.7 Å². The molecule has 1 aromatic carbocycles. The average molecular weight is 395 g/mol. The van der Waals surface area contributed by atoms with Crippen LogP contribution >= 0.6 is 0 Å². The maximum atomic E-state index is 12.1. The second kappa shape index (κ2) is 9.18. The summed E-state index contributed by atoms with van der Waals surface area (Å²) in [6.07, 6.45) is 1.02. The third-order valence-corrected chi connectivity index (χ3v) is 4.52. The first-order valence-corrected chi connectivity index (χ1v) is 9.47. The second-order valence-corrected chi connectivity index (χ2v) is 6.79. The molecule has 0 aliphatic carbocycles. The van der Waals surface area contributed by atoms with Gasteiger partial charge in [-0.2, -0.15) is 5.10 Å². The van der Waals surface area contributed by atoms with Crippen LogP contribution in [0.15, 0.2) is 47.3 Å². The van der Waals surface area contributed by atoms with E-state index in [2.05, 4.69) is 15.5 Å². The number of methoxy groups -OCH3 is 1. The third kappa shape index (κ3) is 5.31. The Labute approximate surface area is 169 Å². The number of benzene rings is 1. The topological polar surface area (TPSA) is 91.0 Å². The smallest absolute Gasteiger partial charge is 0.266 e. The number of hydrogen-bond donors (Lipinski definition) is 1. The van der Waals surface area contributed by atoms with Crippen molar-refractivity contribution < 1.29 is 9.53 Å². The third-order valence-electron chi connectivity index (χ3n) is 4.52. The number of carbonyl (C=O) groups is 1. The van der Waals surface area contributed by atoms with Gasteiger partial charge in [0, 0.05) is 24.7 Å². The predicted octanol–water partition coefficient (Wildman–Crippen LogP) is 1.80. The highest BCUT2D eigenvalue weighted by molar-refractivity contribution is 5.76. The molecule has 0 saturated carbocycles. The van der Waals surface area contributed by atoms with Gasteiger partial charge in [0.05, 0.1) is 19.3 Å². The fourth-order valence-electron chi connectivity index (χ4n) is 3.01. The summed E-state index contributed by atoms with van der Waals surface area (Å²) in [7, 11) is 1.62. The van der Waals surface area contributed by atoms with Crippen LogP contribution in [-0.2, 0) is 17.8 Å². The lowest BCUT2D eigenvalue weighted by Crippen LogP contribution is -2.32. The van der Waals surface area contributed by atoms with Crippen molar-refractivity contribution in [1.82, 2.24) is 24.9 Å². The minimum absolute atomic E-state index is 0.0661. The van der Waals surface area contributed by atoms with E-state index in [1.54, 1.807) is 17.9 Å². The van der Waals surface area contributed by atoms with E-state index in [1.165, 1.54) is 10.7 Å². The number of rotatable bonds is 8. The second-order valence-electron chi connectivity index (χ2n) is 6.79. The lowest BCUT2D eigenvalue weighted by atomic mass is 10.1. The molecule has 0 fully saturated rings. The van der Waals surface area contributed by atoms with E-state index >= 15 is 0 Å². The van der Waals surface area contributed by atoms with Gasteiger partial charge in [-0.05, 0) is 50.1 Å². The van der Waals surface area contributed by atoms with E-state index in [4.69, 9.17) is 4.74 Å². The summed E-state index contributed by atoms with van der Waals surface area (Å²) in [5.74, 6) is 1.29. The minimum Gasteiger partial charge on any atom is -0.497 e. The predicted molar refractivity (Wildman–Crippen MR) is 109 cm³/mol. The van der Waals surface area contributed by atoms with Gasteiger partial charge in [0.25, 0.3) is 5.56 Å². The Balaban J connectivity index is 1.53. The van der Waals surface area contributed by atoms with Crippen LogP contribution in [0.2, 0.25) is 0 Å². The largest absolute Gasteiger partial charge is 0.497 e. The van der Waals surface area contributed by atoms with Crippen LogP contribution in [0.3, 0.4) is 0 Å². The molecular weight excluding hydrogens is 370 g/mol. The van der Waals surface area contributed by atoms with Crippen molar-refractivity contribution in [3.8, 4) is 11.6 Å². The molecule has 3 rings (SSSR count). The Bertz CT molecular complexity index is 1040. The molecule has 29 heavy (non-hydrogen) atoms. The van der Waals surface area contributed by atoms with Crippen LogP contribution < -0.4 is 15.6 Å². The maximum absolute atomic E-state index is 12.1. The monoisotopic (exact) mass is 395 g/mol. The molecule has 2 heterocycles. The van der Waals surface area contributed by atoms with Crippen molar-refractivity contribution in [3.63, 3.8) is 0 Å². The van der Waals surface area contributed by atoms with Gasteiger partial charge in [-0.25, -0.2) is 9.36 Å². The Morgan fingerprint density at radius 1 is 1.10 bits per heavy atom. The standard InChI is InChI=1S/C21H25N5O3/c1-15-14-16(2)26(23-15)19-9-11-21(28)25(24-19)13-12-22-20(27)10-6-17-4-7-18(29-3)8-5-17/h4-5,7-9,11,14H,6,10,12-13H2,1-3H3,(H,22,27). The molecule has 3 aromatic rings. The highest BCUT2D eigenvalue weighted by atomic mass is 16.5. The molecule has 0 bridgehead atoms. The highest BCUT2D eigenvalue weighted by Gasteiger charge is 2.08. The van der Waals surface area contributed by atoms with Crippen LogP contribution in [0.25, 0.3) is 5.82 Å². The Hall–Kier alpha value is -3.42.